The van der Waals surface area contributed by atoms with Gasteiger partial charge in [0.25, 0.3) is 5.91 Å². The number of aromatic nitrogens is 4. The van der Waals surface area contributed by atoms with Crippen molar-refractivity contribution in [1.29, 1.82) is 0 Å². The molecule has 11 heteroatoms. The lowest BCUT2D eigenvalue weighted by Crippen LogP contribution is -2.35. The zero-order valence-corrected chi connectivity index (χ0v) is 21.0. The van der Waals surface area contributed by atoms with E-state index in [0.29, 0.717) is 49.1 Å². The molecular formula is C26H24ClF3N6O. The van der Waals surface area contributed by atoms with Crippen LogP contribution in [0.1, 0.15) is 33.9 Å². The van der Waals surface area contributed by atoms with Gasteiger partial charge in [0, 0.05) is 31.7 Å². The summed E-state index contributed by atoms with van der Waals surface area (Å²) in [6, 6.07) is 11.8. The summed E-state index contributed by atoms with van der Waals surface area (Å²) in [6.45, 7) is 5.77. The van der Waals surface area contributed by atoms with Crippen molar-refractivity contribution in [3.05, 3.63) is 76.2 Å². The Balaban J connectivity index is 1.42. The molecule has 37 heavy (non-hydrogen) atoms. The van der Waals surface area contributed by atoms with Crippen molar-refractivity contribution in [1.82, 2.24) is 24.6 Å². The van der Waals surface area contributed by atoms with Crippen LogP contribution in [0.25, 0.3) is 16.7 Å². The Kier molecular flexibility index (Phi) is 6.53. The molecule has 2 aromatic carbocycles. The first kappa shape index (κ1) is 25.0. The summed E-state index contributed by atoms with van der Waals surface area (Å²) in [5.41, 5.74) is 1.58. The van der Waals surface area contributed by atoms with Crippen LogP contribution in [-0.2, 0) is 6.18 Å². The van der Waals surface area contributed by atoms with Crippen LogP contribution in [0, 0.1) is 13.8 Å². The third-order valence-electron chi connectivity index (χ3n) is 6.42. The molecule has 1 aliphatic rings. The van der Waals surface area contributed by atoms with Crippen LogP contribution in [0.2, 0.25) is 5.02 Å². The van der Waals surface area contributed by atoms with E-state index in [0.717, 1.165) is 34.7 Å². The summed E-state index contributed by atoms with van der Waals surface area (Å²) in [4.78, 5) is 26.2. The number of para-hydroxylation sites is 1. The SMILES string of the molecule is Cc1nc(N2CCCN(C(=O)c3ccc(C(F)(F)F)cc3)CC2)c2c(C)nn(-c3ccccc3Cl)c2n1. The molecule has 1 aliphatic heterocycles. The fourth-order valence-corrected chi connectivity index (χ4v) is 4.82. The van der Waals surface area contributed by atoms with Gasteiger partial charge in [-0.05, 0) is 56.7 Å². The molecule has 4 aromatic rings. The molecule has 0 radical (unpaired) electrons. The number of aryl methyl sites for hydroxylation is 2. The number of benzene rings is 2. The van der Waals surface area contributed by atoms with Crippen LogP contribution < -0.4 is 4.90 Å². The second kappa shape index (κ2) is 9.66. The molecule has 0 aliphatic carbocycles. The van der Waals surface area contributed by atoms with Crippen LogP contribution in [0.15, 0.2) is 48.5 Å². The number of hydrogen-bond acceptors (Lipinski definition) is 5. The quantitative estimate of drug-likeness (QED) is 0.353. The molecule has 0 bridgehead atoms. The van der Waals surface area contributed by atoms with E-state index in [9.17, 15) is 18.0 Å². The molecule has 192 valence electrons. The van der Waals surface area contributed by atoms with Crippen LogP contribution in [0.5, 0.6) is 0 Å². The first-order valence-electron chi connectivity index (χ1n) is 11.8. The minimum Gasteiger partial charge on any atom is -0.354 e. The van der Waals surface area contributed by atoms with E-state index in [2.05, 4.69) is 9.88 Å². The lowest BCUT2D eigenvalue weighted by Gasteiger charge is -2.24. The van der Waals surface area contributed by atoms with E-state index in [1.54, 1.807) is 15.6 Å². The largest absolute Gasteiger partial charge is 0.416 e. The summed E-state index contributed by atoms with van der Waals surface area (Å²) in [5.74, 6) is 1.03. The average molecular weight is 529 g/mol. The van der Waals surface area contributed by atoms with Gasteiger partial charge in [-0.3, -0.25) is 4.79 Å². The first-order chi connectivity index (χ1) is 17.6. The van der Waals surface area contributed by atoms with Crippen molar-refractivity contribution in [2.24, 2.45) is 0 Å². The predicted molar refractivity (Wildman–Crippen MR) is 135 cm³/mol. The predicted octanol–water partition coefficient (Wildman–Crippen LogP) is 5.46. The minimum atomic E-state index is -4.44. The number of halogens is 4. The van der Waals surface area contributed by atoms with E-state index in [-0.39, 0.29) is 11.5 Å². The zero-order chi connectivity index (χ0) is 26.3. The standard InChI is InChI=1S/C26H24ClF3N6O/c1-16-22-23(31-17(2)32-24(22)36(33-16)21-7-4-3-6-20(21)27)34-12-5-13-35(15-14-34)25(37)18-8-10-19(11-9-18)26(28,29)30/h3-4,6-11H,5,12-15H2,1-2H3. The number of amides is 1. The highest BCUT2D eigenvalue weighted by molar-refractivity contribution is 6.32. The van der Waals surface area contributed by atoms with Crippen molar-refractivity contribution < 1.29 is 18.0 Å². The van der Waals surface area contributed by atoms with Crippen molar-refractivity contribution in [3.63, 3.8) is 0 Å². The number of alkyl halides is 3. The van der Waals surface area contributed by atoms with Gasteiger partial charge in [-0.15, -0.1) is 0 Å². The number of hydrogen-bond donors (Lipinski definition) is 0. The second-order valence-electron chi connectivity index (χ2n) is 8.95. The molecule has 1 amide bonds. The zero-order valence-electron chi connectivity index (χ0n) is 20.3. The highest BCUT2D eigenvalue weighted by Gasteiger charge is 2.31. The van der Waals surface area contributed by atoms with Crippen molar-refractivity contribution in [3.8, 4) is 5.69 Å². The first-order valence-corrected chi connectivity index (χ1v) is 12.2. The fraction of sp³-hybridized carbons (Fsp3) is 0.308. The number of carbonyl (C=O) groups is 1. The summed E-state index contributed by atoms with van der Waals surface area (Å²) in [7, 11) is 0. The van der Waals surface area contributed by atoms with Gasteiger partial charge in [0.05, 0.1) is 27.4 Å². The maximum Gasteiger partial charge on any atom is 0.416 e. The lowest BCUT2D eigenvalue weighted by molar-refractivity contribution is -0.137. The minimum absolute atomic E-state index is 0.235. The van der Waals surface area contributed by atoms with E-state index in [4.69, 9.17) is 21.7 Å². The average Bonchev–Trinajstić information content (AvgIpc) is 3.03. The summed E-state index contributed by atoms with van der Waals surface area (Å²) >= 11 is 6.44. The van der Waals surface area contributed by atoms with Crippen LogP contribution in [-0.4, -0.2) is 56.7 Å². The highest BCUT2D eigenvalue weighted by atomic mass is 35.5. The Morgan fingerprint density at radius 2 is 1.68 bits per heavy atom. The molecule has 0 atom stereocenters. The number of rotatable bonds is 3. The normalized spacial score (nSPS) is 14.8. The van der Waals surface area contributed by atoms with Gasteiger partial charge in [-0.1, -0.05) is 23.7 Å². The van der Waals surface area contributed by atoms with Gasteiger partial charge < -0.3 is 9.80 Å². The Labute approximate surface area is 216 Å². The molecule has 1 fully saturated rings. The van der Waals surface area contributed by atoms with Gasteiger partial charge >= 0.3 is 6.18 Å². The number of nitrogens with zero attached hydrogens (tertiary/aromatic N) is 6. The monoisotopic (exact) mass is 528 g/mol. The van der Waals surface area contributed by atoms with E-state index in [1.807, 2.05) is 32.0 Å². The summed E-state index contributed by atoms with van der Waals surface area (Å²) in [6.07, 6.45) is -3.77. The van der Waals surface area contributed by atoms with E-state index >= 15 is 0 Å². The van der Waals surface area contributed by atoms with E-state index in [1.165, 1.54) is 12.1 Å². The Morgan fingerprint density at radius 1 is 0.946 bits per heavy atom. The Morgan fingerprint density at radius 3 is 2.38 bits per heavy atom. The maximum absolute atomic E-state index is 13.0. The molecule has 0 N–H and O–H groups in total. The summed E-state index contributed by atoms with van der Waals surface area (Å²) in [5, 5.41) is 6.07. The van der Waals surface area contributed by atoms with Crippen LogP contribution in [0.4, 0.5) is 19.0 Å². The molecule has 5 rings (SSSR count). The second-order valence-corrected chi connectivity index (χ2v) is 9.36. The van der Waals surface area contributed by atoms with Gasteiger partial charge in [0.15, 0.2) is 5.65 Å². The molecule has 0 unspecified atom stereocenters. The van der Waals surface area contributed by atoms with E-state index < -0.39 is 11.7 Å². The Bertz CT molecular complexity index is 1470. The molecule has 7 nitrogen and oxygen atoms in total. The molecule has 3 heterocycles. The third kappa shape index (κ3) is 4.85. The van der Waals surface area contributed by atoms with Crippen LogP contribution in [0.3, 0.4) is 0 Å². The van der Waals surface area contributed by atoms with Gasteiger partial charge in [0.2, 0.25) is 0 Å². The molecule has 0 spiro atoms. The smallest absolute Gasteiger partial charge is 0.354 e. The topological polar surface area (TPSA) is 67.2 Å². The molecule has 0 saturated carbocycles. The molecule has 1 saturated heterocycles. The van der Waals surface area contributed by atoms with Gasteiger partial charge in [-0.25, -0.2) is 14.6 Å². The van der Waals surface area contributed by atoms with Crippen molar-refractivity contribution in [2.45, 2.75) is 26.4 Å². The van der Waals surface area contributed by atoms with Gasteiger partial charge in [-0.2, -0.15) is 18.3 Å². The number of carbonyl (C=O) groups excluding carboxylic acids is 1. The lowest BCUT2D eigenvalue weighted by atomic mass is 10.1. The summed E-state index contributed by atoms with van der Waals surface area (Å²) < 4.78 is 40.4. The Hall–Kier alpha value is -3.66. The van der Waals surface area contributed by atoms with Gasteiger partial charge in [0.1, 0.15) is 11.6 Å². The number of anilines is 1. The van der Waals surface area contributed by atoms with Crippen molar-refractivity contribution >= 4 is 34.4 Å². The maximum atomic E-state index is 13.0. The fourth-order valence-electron chi connectivity index (χ4n) is 4.60. The van der Waals surface area contributed by atoms with Crippen molar-refractivity contribution in [2.75, 3.05) is 31.1 Å². The third-order valence-corrected chi connectivity index (χ3v) is 6.74. The highest BCUT2D eigenvalue weighted by Crippen LogP contribution is 2.32. The molecule has 2 aromatic heterocycles. The van der Waals surface area contributed by atoms with Crippen LogP contribution >= 0.6 is 11.6 Å². The molecular weight excluding hydrogens is 505 g/mol. The number of fused-ring (bicyclic) bond motifs is 1.